The van der Waals surface area contributed by atoms with Crippen molar-refractivity contribution in [3.05, 3.63) is 57.9 Å². The number of hydrogen-bond donors (Lipinski definition) is 3. The lowest BCUT2D eigenvalue weighted by Gasteiger charge is -2.42. The molecule has 0 radical (unpaired) electrons. The Balaban J connectivity index is 1.75. The maximum Gasteiger partial charge on any atom is 0.245 e. The molecule has 2 aliphatic rings. The molecule has 1 saturated carbocycles. The van der Waals surface area contributed by atoms with E-state index in [1.807, 2.05) is 46.0 Å². The van der Waals surface area contributed by atoms with Crippen molar-refractivity contribution in [1.29, 1.82) is 0 Å². The molecule has 9 nitrogen and oxygen atoms in total. The van der Waals surface area contributed by atoms with Crippen molar-refractivity contribution in [2.45, 2.75) is 157 Å². The van der Waals surface area contributed by atoms with E-state index in [2.05, 4.69) is 75.8 Å². The first-order valence-electron chi connectivity index (χ1n) is 22.1. The van der Waals surface area contributed by atoms with Gasteiger partial charge in [-0.3, -0.25) is 19.2 Å². The largest absolute Gasteiger partial charge is 0.380 e. The van der Waals surface area contributed by atoms with Crippen LogP contribution in [0.2, 0.25) is 0 Å². The molecule has 1 aliphatic carbocycles. The van der Waals surface area contributed by atoms with Crippen LogP contribution in [-0.4, -0.2) is 72.3 Å². The lowest BCUT2D eigenvalue weighted by Crippen LogP contribution is -2.59. The first-order valence-corrected chi connectivity index (χ1v) is 22.9. The first kappa shape index (κ1) is 49.4. The molecule has 1 fully saturated rings. The number of ketones is 1. The lowest BCUT2D eigenvalue weighted by molar-refractivity contribution is -0.142. The van der Waals surface area contributed by atoms with E-state index >= 15 is 0 Å². The van der Waals surface area contributed by atoms with Crippen LogP contribution in [0.5, 0.6) is 0 Å². The van der Waals surface area contributed by atoms with Gasteiger partial charge in [-0.2, -0.15) is 0 Å². The normalized spacial score (nSPS) is 23.6. The van der Waals surface area contributed by atoms with Crippen LogP contribution in [0, 0.1) is 47.3 Å². The van der Waals surface area contributed by atoms with E-state index in [9.17, 15) is 19.2 Å². The maximum atomic E-state index is 14.2. The molecule has 0 spiro atoms. The van der Waals surface area contributed by atoms with Crippen molar-refractivity contribution in [2.24, 2.45) is 53.1 Å². The highest BCUT2D eigenvalue weighted by Gasteiger charge is 2.42. The molecule has 0 aromatic heterocycles. The SMILES string of the molecule is CCC(C)C(C(CC)CC(=O)CC1CCCC(C(OC)C(C)C(=O)NC(Cc2ccccc2)C2=C(C)C(C)C=CS2)C1C)N(C)C(=O)C(NC(=O)C(C)(C)N)C(C)C. The summed E-state index contributed by atoms with van der Waals surface area (Å²) in [6.45, 7) is 22.1. The Morgan fingerprint density at radius 1 is 1.00 bits per heavy atom. The summed E-state index contributed by atoms with van der Waals surface area (Å²) in [7, 11) is 3.54. The number of hydrogen-bond acceptors (Lipinski definition) is 7. The number of carbonyl (C=O) groups excluding carboxylic acids is 4. The number of nitrogens with two attached hydrogens (primary N) is 1. The highest BCUT2D eigenvalue weighted by atomic mass is 32.2. The van der Waals surface area contributed by atoms with E-state index in [-0.39, 0.29) is 83.1 Å². The number of ether oxygens (including phenoxy) is 1. The number of benzene rings is 1. The number of likely N-dealkylation sites (N-methyl/N-ethyl adjacent to an activating group) is 1. The zero-order valence-corrected chi connectivity index (χ0v) is 38.9. The number of Topliss-reactive ketones (excluding diaryl/α,β-unsaturated/α-hetero) is 1. The second-order valence-corrected chi connectivity index (χ2v) is 19.5. The molecular weight excluding hydrogens is 745 g/mol. The number of methoxy groups -OCH3 is 1. The summed E-state index contributed by atoms with van der Waals surface area (Å²) < 4.78 is 6.21. The number of amides is 3. The molecule has 11 atom stereocenters. The van der Waals surface area contributed by atoms with Gasteiger partial charge in [0.05, 0.1) is 23.6 Å². The monoisotopic (exact) mass is 823 g/mol. The summed E-state index contributed by atoms with van der Waals surface area (Å²) in [5.41, 5.74) is 7.43. The minimum atomic E-state index is -1.11. The van der Waals surface area contributed by atoms with Crippen molar-refractivity contribution in [3.8, 4) is 0 Å². The van der Waals surface area contributed by atoms with Gasteiger partial charge in [0.2, 0.25) is 17.7 Å². The van der Waals surface area contributed by atoms with Gasteiger partial charge in [0.15, 0.2) is 0 Å². The molecule has 3 rings (SSSR count). The first-order chi connectivity index (χ1) is 27.3. The number of rotatable bonds is 21. The van der Waals surface area contributed by atoms with Crippen LogP contribution < -0.4 is 16.4 Å². The van der Waals surface area contributed by atoms with Gasteiger partial charge in [-0.1, -0.05) is 117 Å². The Morgan fingerprint density at radius 2 is 1.66 bits per heavy atom. The Bertz CT molecular complexity index is 1570. The van der Waals surface area contributed by atoms with Gasteiger partial charge in [0.25, 0.3) is 0 Å². The molecule has 10 heteroatoms. The molecule has 11 unspecified atom stereocenters. The van der Waals surface area contributed by atoms with Crippen LogP contribution in [0.1, 0.15) is 127 Å². The Hall–Kier alpha value is -2.95. The standard InChI is InChI=1S/C48H78N4O5S/c1-14-30(5)42(52(12)46(55)41(29(3)4)51-47(56)48(10,11)49)36(15-2)27-38(53)28-37-22-19-23-39(33(37)8)43(57-13)34(9)45(54)50-40(26-35-20-17-16-18-21-35)44-32(7)31(6)24-25-58-44/h16-18,20-21,24-25,29-31,33-34,36-37,39-43H,14-15,19,22-23,26-28,49H2,1-13H3,(H,50,54)(H,51,56). The van der Waals surface area contributed by atoms with Gasteiger partial charge in [-0.25, -0.2) is 0 Å². The third-order valence-electron chi connectivity index (χ3n) is 13.5. The van der Waals surface area contributed by atoms with Gasteiger partial charge < -0.3 is 26.0 Å². The summed E-state index contributed by atoms with van der Waals surface area (Å²) in [5, 5.41) is 8.51. The number of carbonyl (C=O) groups is 4. The second kappa shape index (κ2) is 22.6. The van der Waals surface area contributed by atoms with Gasteiger partial charge in [-0.15, -0.1) is 11.8 Å². The highest BCUT2D eigenvalue weighted by Crippen LogP contribution is 2.42. The predicted octanol–water partition coefficient (Wildman–Crippen LogP) is 8.71. The topological polar surface area (TPSA) is 131 Å². The van der Waals surface area contributed by atoms with E-state index in [1.54, 1.807) is 37.6 Å². The van der Waals surface area contributed by atoms with Crippen molar-refractivity contribution >= 4 is 35.3 Å². The van der Waals surface area contributed by atoms with Crippen molar-refractivity contribution in [1.82, 2.24) is 15.5 Å². The summed E-state index contributed by atoms with van der Waals surface area (Å²) >= 11 is 1.70. The lowest BCUT2D eigenvalue weighted by atomic mass is 9.67. The predicted molar refractivity (Wildman–Crippen MR) is 240 cm³/mol. The van der Waals surface area contributed by atoms with Gasteiger partial charge in [0.1, 0.15) is 11.8 Å². The zero-order valence-electron chi connectivity index (χ0n) is 38.1. The van der Waals surface area contributed by atoms with Gasteiger partial charge in [0, 0.05) is 37.9 Å². The summed E-state index contributed by atoms with van der Waals surface area (Å²) in [5.74, 6) is 0.128. The van der Waals surface area contributed by atoms with Crippen LogP contribution in [0.25, 0.3) is 0 Å². The number of nitrogens with one attached hydrogen (secondary N) is 2. The molecule has 326 valence electrons. The minimum absolute atomic E-state index is 0.00663. The van der Waals surface area contributed by atoms with Crippen LogP contribution in [0.3, 0.4) is 0 Å². The fourth-order valence-electron chi connectivity index (χ4n) is 9.34. The Labute approximate surface area is 355 Å². The minimum Gasteiger partial charge on any atom is -0.380 e. The molecule has 1 aromatic rings. The smallest absolute Gasteiger partial charge is 0.245 e. The van der Waals surface area contributed by atoms with E-state index < -0.39 is 11.6 Å². The third-order valence-corrected chi connectivity index (χ3v) is 14.6. The molecule has 4 N–H and O–H groups in total. The molecule has 3 amide bonds. The highest BCUT2D eigenvalue weighted by molar-refractivity contribution is 8.06. The van der Waals surface area contributed by atoms with E-state index in [4.69, 9.17) is 10.5 Å². The Kier molecular flexibility index (Phi) is 19.2. The number of nitrogens with zero attached hydrogens (tertiary/aromatic N) is 1. The van der Waals surface area contributed by atoms with Crippen molar-refractivity contribution < 1.29 is 23.9 Å². The zero-order chi connectivity index (χ0) is 43.5. The van der Waals surface area contributed by atoms with Gasteiger partial charge in [-0.05, 0) is 92.4 Å². The van der Waals surface area contributed by atoms with Crippen LogP contribution in [0.4, 0.5) is 0 Å². The quantitative estimate of drug-likeness (QED) is 0.113. The van der Waals surface area contributed by atoms with Crippen LogP contribution in [-0.2, 0) is 30.3 Å². The van der Waals surface area contributed by atoms with Crippen molar-refractivity contribution in [3.63, 3.8) is 0 Å². The van der Waals surface area contributed by atoms with E-state index in [0.717, 1.165) is 32.1 Å². The third kappa shape index (κ3) is 13.0. The molecule has 1 heterocycles. The van der Waals surface area contributed by atoms with Crippen LogP contribution >= 0.6 is 11.8 Å². The molecule has 1 aromatic carbocycles. The van der Waals surface area contributed by atoms with Gasteiger partial charge >= 0.3 is 0 Å². The molecule has 0 saturated heterocycles. The number of allylic oxidation sites excluding steroid dienone is 2. The summed E-state index contributed by atoms with van der Waals surface area (Å²) in [6, 6.07) is 9.31. The molecule has 58 heavy (non-hydrogen) atoms. The maximum absolute atomic E-state index is 14.2. The fourth-order valence-corrected chi connectivity index (χ4v) is 10.5. The summed E-state index contributed by atoms with van der Waals surface area (Å²) in [4.78, 5) is 58.3. The molecule has 1 aliphatic heterocycles. The van der Waals surface area contributed by atoms with E-state index in [1.165, 1.54) is 16.0 Å². The van der Waals surface area contributed by atoms with Crippen LogP contribution in [0.15, 0.2) is 52.3 Å². The fraction of sp³-hybridized carbons (Fsp3) is 0.708. The second-order valence-electron chi connectivity index (χ2n) is 18.6. The van der Waals surface area contributed by atoms with Crippen molar-refractivity contribution in [2.75, 3.05) is 14.2 Å². The average molecular weight is 823 g/mol. The molecule has 0 bridgehead atoms. The molecular formula is C48H78N4O5S. The van der Waals surface area contributed by atoms with E-state index in [0.29, 0.717) is 25.2 Å². The Morgan fingerprint density at radius 3 is 2.22 bits per heavy atom. The average Bonchev–Trinajstić information content (AvgIpc) is 3.18. The summed E-state index contributed by atoms with van der Waals surface area (Å²) in [6.07, 6.45) is 8.01. The number of thioether (sulfide) groups is 1.